The first kappa shape index (κ1) is 13.5. The average molecular weight is 249 g/mol. The Bertz CT molecular complexity index is 367. The molecule has 2 heterocycles. The van der Waals surface area contributed by atoms with Crippen LogP contribution in [0.15, 0.2) is 24.5 Å². The summed E-state index contributed by atoms with van der Waals surface area (Å²) in [5.74, 6) is 0.369. The minimum Gasteiger partial charge on any atom is -0.393 e. The number of hydrogen-bond acceptors (Lipinski definition) is 4. The van der Waals surface area contributed by atoms with Crippen molar-refractivity contribution < 1.29 is 5.11 Å². The Labute approximate surface area is 109 Å². The lowest BCUT2D eigenvalue weighted by molar-refractivity contribution is 0.119. The van der Waals surface area contributed by atoms with Crippen LogP contribution in [-0.2, 0) is 0 Å². The summed E-state index contributed by atoms with van der Waals surface area (Å²) in [6, 6.07) is 4.35. The fraction of sp³-hybridized carbons (Fsp3) is 0.643. The quantitative estimate of drug-likeness (QED) is 0.841. The van der Waals surface area contributed by atoms with Crippen molar-refractivity contribution in [3.63, 3.8) is 0 Å². The monoisotopic (exact) mass is 249 g/mol. The van der Waals surface area contributed by atoms with Gasteiger partial charge in [0.1, 0.15) is 0 Å². The summed E-state index contributed by atoms with van der Waals surface area (Å²) in [6.07, 6.45) is 4.44. The van der Waals surface area contributed by atoms with E-state index in [4.69, 9.17) is 5.73 Å². The topological polar surface area (TPSA) is 62.4 Å². The Hall–Kier alpha value is -0.970. The molecule has 0 saturated carbocycles. The lowest BCUT2D eigenvalue weighted by Gasteiger charge is -2.31. The molecule has 0 aliphatic carbocycles. The molecule has 0 spiro atoms. The van der Waals surface area contributed by atoms with Crippen LogP contribution < -0.4 is 5.73 Å². The van der Waals surface area contributed by atoms with Gasteiger partial charge in [0, 0.05) is 31.0 Å². The van der Waals surface area contributed by atoms with Crippen LogP contribution >= 0.6 is 0 Å². The largest absolute Gasteiger partial charge is 0.393 e. The van der Waals surface area contributed by atoms with Crippen molar-refractivity contribution in [2.75, 3.05) is 13.1 Å². The number of nitrogens with zero attached hydrogens (tertiary/aromatic N) is 2. The number of aliphatic hydroxyl groups excluding tert-OH is 1. The molecule has 0 radical (unpaired) electrons. The highest BCUT2D eigenvalue weighted by molar-refractivity contribution is 5.17. The molecule has 0 amide bonds. The lowest BCUT2D eigenvalue weighted by Crippen LogP contribution is -2.38. The maximum Gasteiger partial charge on any atom is 0.0552 e. The van der Waals surface area contributed by atoms with E-state index in [2.05, 4.69) is 9.88 Å². The normalized spacial score (nSPS) is 25.9. The molecule has 4 unspecified atom stereocenters. The van der Waals surface area contributed by atoms with Crippen LogP contribution in [0.5, 0.6) is 0 Å². The summed E-state index contributed by atoms with van der Waals surface area (Å²) in [4.78, 5) is 6.44. The molecule has 1 aliphatic heterocycles. The van der Waals surface area contributed by atoms with Gasteiger partial charge in [-0.1, -0.05) is 0 Å². The van der Waals surface area contributed by atoms with Crippen molar-refractivity contribution in [2.24, 2.45) is 11.7 Å². The SMILES string of the molecule is CC(N)C(c1ccncc1)N1CCC(C(C)O)C1. The van der Waals surface area contributed by atoms with E-state index < -0.39 is 0 Å². The minimum atomic E-state index is -0.235. The fourth-order valence-electron chi connectivity index (χ4n) is 2.87. The van der Waals surface area contributed by atoms with Crippen molar-refractivity contribution >= 4 is 0 Å². The number of likely N-dealkylation sites (tertiary alicyclic amines) is 1. The second-order valence-corrected chi connectivity index (χ2v) is 5.37. The molecule has 4 heteroatoms. The number of hydrogen-bond donors (Lipinski definition) is 2. The number of nitrogens with two attached hydrogens (primary N) is 1. The first-order valence-electron chi connectivity index (χ1n) is 6.67. The van der Waals surface area contributed by atoms with Gasteiger partial charge in [-0.3, -0.25) is 9.88 Å². The van der Waals surface area contributed by atoms with Crippen molar-refractivity contribution in [1.82, 2.24) is 9.88 Å². The Balaban J connectivity index is 2.13. The molecule has 1 fully saturated rings. The molecule has 1 aliphatic rings. The Morgan fingerprint density at radius 1 is 1.39 bits per heavy atom. The summed E-state index contributed by atoms with van der Waals surface area (Å²) >= 11 is 0. The molecule has 18 heavy (non-hydrogen) atoms. The molecule has 4 nitrogen and oxygen atoms in total. The Kier molecular flexibility index (Phi) is 4.32. The highest BCUT2D eigenvalue weighted by Gasteiger charge is 2.32. The lowest BCUT2D eigenvalue weighted by atomic mass is 10.00. The second kappa shape index (κ2) is 5.78. The molecule has 0 bridgehead atoms. The third-order valence-electron chi connectivity index (χ3n) is 3.88. The Morgan fingerprint density at radius 3 is 2.56 bits per heavy atom. The van der Waals surface area contributed by atoms with Crippen molar-refractivity contribution in [3.05, 3.63) is 30.1 Å². The van der Waals surface area contributed by atoms with Crippen LogP contribution in [0, 0.1) is 5.92 Å². The zero-order valence-electron chi connectivity index (χ0n) is 11.2. The van der Waals surface area contributed by atoms with E-state index in [-0.39, 0.29) is 18.2 Å². The van der Waals surface area contributed by atoms with Crippen LogP contribution in [0.3, 0.4) is 0 Å². The van der Waals surface area contributed by atoms with Crippen molar-refractivity contribution in [2.45, 2.75) is 38.5 Å². The summed E-state index contributed by atoms with van der Waals surface area (Å²) in [5.41, 5.74) is 7.36. The zero-order chi connectivity index (χ0) is 13.1. The van der Waals surface area contributed by atoms with E-state index in [0.717, 1.165) is 19.5 Å². The van der Waals surface area contributed by atoms with Gasteiger partial charge in [-0.2, -0.15) is 0 Å². The van der Waals surface area contributed by atoms with Gasteiger partial charge in [0.2, 0.25) is 0 Å². The van der Waals surface area contributed by atoms with Crippen LogP contribution in [0.1, 0.15) is 31.9 Å². The minimum absolute atomic E-state index is 0.0696. The summed E-state index contributed by atoms with van der Waals surface area (Å²) in [7, 11) is 0. The fourth-order valence-corrected chi connectivity index (χ4v) is 2.87. The summed E-state index contributed by atoms with van der Waals surface area (Å²) in [5, 5.41) is 9.69. The van der Waals surface area contributed by atoms with Crippen molar-refractivity contribution in [1.29, 1.82) is 0 Å². The average Bonchev–Trinajstić information content (AvgIpc) is 2.79. The third kappa shape index (κ3) is 2.88. The molecular formula is C14H23N3O. The van der Waals surface area contributed by atoms with Crippen LogP contribution in [0.25, 0.3) is 0 Å². The van der Waals surface area contributed by atoms with Gasteiger partial charge < -0.3 is 10.8 Å². The molecule has 0 aromatic carbocycles. The number of aromatic nitrogens is 1. The summed E-state index contributed by atoms with van der Waals surface area (Å²) < 4.78 is 0. The Morgan fingerprint density at radius 2 is 2.06 bits per heavy atom. The van der Waals surface area contributed by atoms with Crippen LogP contribution in [0.2, 0.25) is 0 Å². The van der Waals surface area contributed by atoms with Gasteiger partial charge in [0.05, 0.1) is 6.10 Å². The molecule has 100 valence electrons. The highest BCUT2D eigenvalue weighted by atomic mass is 16.3. The van der Waals surface area contributed by atoms with Crippen LogP contribution in [-0.4, -0.2) is 40.2 Å². The third-order valence-corrected chi connectivity index (χ3v) is 3.88. The maximum absolute atomic E-state index is 9.69. The van der Waals surface area contributed by atoms with Gasteiger partial charge in [0.25, 0.3) is 0 Å². The van der Waals surface area contributed by atoms with Gasteiger partial charge in [-0.15, -0.1) is 0 Å². The first-order chi connectivity index (χ1) is 8.59. The van der Waals surface area contributed by atoms with E-state index >= 15 is 0 Å². The molecular weight excluding hydrogens is 226 g/mol. The zero-order valence-corrected chi connectivity index (χ0v) is 11.2. The van der Waals surface area contributed by atoms with Crippen molar-refractivity contribution in [3.8, 4) is 0 Å². The standard InChI is InChI=1S/C14H23N3O/c1-10(15)14(12-3-6-16-7-4-12)17-8-5-13(9-17)11(2)18/h3-4,6-7,10-11,13-14,18H,5,8-9,15H2,1-2H3. The van der Waals surface area contributed by atoms with Crippen LogP contribution in [0.4, 0.5) is 0 Å². The maximum atomic E-state index is 9.69. The van der Waals surface area contributed by atoms with E-state index in [1.54, 1.807) is 0 Å². The molecule has 3 N–H and O–H groups in total. The van der Waals surface area contributed by atoms with Gasteiger partial charge in [-0.05, 0) is 50.4 Å². The number of rotatable bonds is 4. The first-order valence-corrected chi connectivity index (χ1v) is 6.67. The van der Waals surface area contributed by atoms with Gasteiger partial charge in [0.15, 0.2) is 0 Å². The number of aliphatic hydroxyl groups is 1. The van der Waals surface area contributed by atoms with E-state index in [1.165, 1.54) is 5.56 Å². The van der Waals surface area contributed by atoms with Gasteiger partial charge in [-0.25, -0.2) is 0 Å². The second-order valence-electron chi connectivity index (χ2n) is 5.37. The molecule has 4 atom stereocenters. The molecule has 1 saturated heterocycles. The highest BCUT2D eigenvalue weighted by Crippen LogP contribution is 2.30. The van der Waals surface area contributed by atoms with Gasteiger partial charge >= 0.3 is 0 Å². The molecule has 2 rings (SSSR count). The number of pyridine rings is 1. The van der Waals surface area contributed by atoms with E-state index in [0.29, 0.717) is 5.92 Å². The van der Waals surface area contributed by atoms with E-state index in [9.17, 15) is 5.11 Å². The molecule has 1 aromatic rings. The molecule has 1 aromatic heterocycles. The summed E-state index contributed by atoms with van der Waals surface area (Å²) in [6.45, 7) is 5.85. The van der Waals surface area contributed by atoms with E-state index in [1.807, 2.05) is 38.4 Å². The predicted octanol–water partition coefficient (Wildman–Crippen LogP) is 1.17. The predicted molar refractivity (Wildman–Crippen MR) is 72.0 cm³/mol. The smallest absolute Gasteiger partial charge is 0.0552 e.